The standard InChI is InChI=1S/C32H48N4O7S/c1-22(2)33-32(39)34-26-15-16-29-28(18-26)31(38)36(24(4)21-37)19-23(3)30(42-17-11-10-12-25(5)43-29)20-35(6)44(40,41)27-13-8-7-9-14-27/h7-9,13-16,18,22-25,30,37H,10-12,17,19-21H2,1-6H3,(H2,33,34,39)/t23-,24+,25-,30-/m0/s1. The van der Waals surface area contributed by atoms with Crippen molar-refractivity contribution in [3.05, 3.63) is 54.1 Å². The minimum Gasteiger partial charge on any atom is -0.490 e. The molecular formula is C32H48N4O7S. The van der Waals surface area contributed by atoms with Gasteiger partial charge in [-0.1, -0.05) is 25.1 Å². The monoisotopic (exact) mass is 632 g/mol. The van der Waals surface area contributed by atoms with Crippen LogP contribution in [0.3, 0.4) is 0 Å². The van der Waals surface area contributed by atoms with E-state index in [2.05, 4.69) is 10.6 Å². The smallest absolute Gasteiger partial charge is 0.319 e. The highest BCUT2D eigenvalue weighted by Crippen LogP contribution is 2.29. The number of nitrogens with one attached hydrogen (secondary N) is 2. The fourth-order valence-corrected chi connectivity index (χ4v) is 6.22. The first kappa shape index (κ1) is 35.3. The van der Waals surface area contributed by atoms with Gasteiger partial charge in [0.2, 0.25) is 10.0 Å². The van der Waals surface area contributed by atoms with Crippen LogP contribution >= 0.6 is 0 Å². The van der Waals surface area contributed by atoms with E-state index in [-0.39, 0.29) is 54.1 Å². The Morgan fingerprint density at radius 3 is 2.48 bits per heavy atom. The van der Waals surface area contributed by atoms with Crippen LogP contribution < -0.4 is 15.4 Å². The topological polar surface area (TPSA) is 138 Å². The van der Waals surface area contributed by atoms with Gasteiger partial charge in [-0.05, 0) is 77.3 Å². The summed E-state index contributed by atoms with van der Waals surface area (Å²) in [6.45, 7) is 9.71. The van der Waals surface area contributed by atoms with Crippen LogP contribution in [0.4, 0.5) is 10.5 Å². The number of anilines is 1. The maximum Gasteiger partial charge on any atom is 0.319 e. The molecule has 2 aromatic rings. The summed E-state index contributed by atoms with van der Waals surface area (Å²) in [7, 11) is -2.23. The van der Waals surface area contributed by atoms with Crippen LogP contribution in [0.1, 0.15) is 64.2 Å². The number of sulfonamides is 1. The number of carbonyl (C=O) groups excluding carboxylic acids is 2. The molecule has 2 aromatic carbocycles. The Bertz CT molecular complexity index is 1340. The molecule has 4 atom stereocenters. The van der Waals surface area contributed by atoms with E-state index in [1.54, 1.807) is 60.4 Å². The molecule has 0 unspecified atom stereocenters. The summed E-state index contributed by atoms with van der Waals surface area (Å²) in [4.78, 5) is 28.4. The van der Waals surface area contributed by atoms with Crippen molar-refractivity contribution in [3.63, 3.8) is 0 Å². The largest absolute Gasteiger partial charge is 0.490 e. The summed E-state index contributed by atoms with van der Waals surface area (Å²) < 4.78 is 40.4. The first-order valence-corrected chi connectivity index (χ1v) is 16.7. The zero-order valence-electron chi connectivity index (χ0n) is 26.7. The molecule has 244 valence electrons. The number of fused-ring (bicyclic) bond motifs is 1. The van der Waals surface area contributed by atoms with Crippen LogP contribution in [0.5, 0.6) is 5.75 Å². The number of amides is 3. The molecule has 1 aliphatic rings. The van der Waals surface area contributed by atoms with Gasteiger partial charge in [0.05, 0.1) is 35.3 Å². The van der Waals surface area contributed by atoms with Crippen molar-refractivity contribution in [1.29, 1.82) is 0 Å². The van der Waals surface area contributed by atoms with Gasteiger partial charge in [-0.25, -0.2) is 13.2 Å². The van der Waals surface area contributed by atoms with E-state index in [1.165, 1.54) is 11.4 Å². The molecule has 0 saturated heterocycles. The summed E-state index contributed by atoms with van der Waals surface area (Å²) >= 11 is 0. The average Bonchev–Trinajstić information content (AvgIpc) is 2.98. The molecule has 44 heavy (non-hydrogen) atoms. The molecule has 3 amide bonds. The van der Waals surface area contributed by atoms with E-state index >= 15 is 0 Å². The summed E-state index contributed by atoms with van der Waals surface area (Å²) in [6, 6.07) is 12.2. The molecule has 0 spiro atoms. The molecule has 0 radical (unpaired) electrons. The van der Waals surface area contributed by atoms with Crippen LogP contribution in [-0.2, 0) is 14.8 Å². The van der Waals surface area contributed by atoms with Crippen molar-refractivity contribution >= 4 is 27.6 Å². The Labute approximate surface area is 262 Å². The van der Waals surface area contributed by atoms with E-state index in [0.29, 0.717) is 24.5 Å². The van der Waals surface area contributed by atoms with Gasteiger partial charge in [0, 0.05) is 44.4 Å². The second-order valence-corrected chi connectivity index (χ2v) is 13.9. The lowest BCUT2D eigenvalue weighted by Crippen LogP contribution is -2.48. The second-order valence-electron chi connectivity index (χ2n) is 11.9. The fraction of sp³-hybridized carbons (Fsp3) is 0.562. The van der Waals surface area contributed by atoms with Gasteiger partial charge in [-0.3, -0.25) is 4.79 Å². The number of hydrogen-bond donors (Lipinski definition) is 3. The number of aliphatic hydroxyl groups is 1. The average molecular weight is 633 g/mol. The molecule has 0 saturated carbocycles. The lowest BCUT2D eigenvalue weighted by Gasteiger charge is -2.35. The third-order valence-corrected chi connectivity index (χ3v) is 9.46. The Kier molecular flexibility index (Phi) is 13.0. The van der Waals surface area contributed by atoms with Gasteiger partial charge in [0.15, 0.2) is 0 Å². The Morgan fingerprint density at radius 1 is 1.11 bits per heavy atom. The predicted octanol–water partition coefficient (Wildman–Crippen LogP) is 4.33. The molecule has 0 aliphatic carbocycles. The summed E-state index contributed by atoms with van der Waals surface area (Å²) in [5, 5.41) is 15.7. The van der Waals surface area contributed by atoms with Crippen molar-refractivity contribution in [1.82, 2.24) is 14.5 Å². The zero-order valence-corrected chi connectivity index (χ0v) is 27.5. The van der Waals surface area contributed by atoms with Crippen molar-refractivity contribution in [2.24, 2.45) is 5.92 Å². The summed E-state index contributed by atoms with van der Waals surface area (Å²) in [5.74, 6) is -0.293. The molecule has 1 aliphatic heterocycles. The quantitative estimate of drug-likeness (QED) is 0.394. The maximum absolute atomic E-state index is 14.2. The molecule has 0 bridgehead atoms. The molecule has 11 nitrogen and oxygen atoms in total. The lowest BCUT2D eigenvalue weighted by atomic mass is 10.0. The van der Waals surface area contributed by atoms with Crippen LogP contribution in [0.25, 0.3) is 0 Å². The van der Waals surface area contributed by atoms with Crippen molar-refractivity contribution < 1.29 is 32.6 Å². The maximum atomic E-state index is 14.2. The Hall–Kier alpha value is -3.19. The Balaban J connectivity index is 1.96. The predicted molar refractivity (Wildman–Crippen MR) is 170 cm³/mol. The number of nitrogens with zero attached hydrogens (tertiary/aromatic N) is 2. The van der Waals surface area contributed by atoms with Crippen molar-refractivity contribution in [2.75, 3.05) is 38.7 Å². The zero-order chi connectivity index (χ0) is 32.4. The van der Waals surface area contributed by atoms with Gasteiger partial charge in [-0.2, -0.15) is 4.31 Å². The Morgan fingerprint density at radius 2 is 1.82 bits per heavy atom. The number of carbonyl (C=O) groups is 2. The van der Waals surface area contributed by atoms with Crippen LogP contribution in [0.2, 0.25) is 0 Å². The van der Waals surface area contributed by atoms with Gasteiger partial charge < -0.3 is 30.1 Å². The third-order valence-electron chi connectivity index (χ3n) is 7.62. The summed E-state index contributed by atoms with van der Waals surface area (Å²) in [5.41, 5.74) is 0.677. The van der Waals surface area contributed by atoms with Gasteiger partial charge in [0.1, 0.15) is 5.75 Å². The number of ether oxygens (including phenoxy) is 2. The molecule has 3 N–H and O–H groups in total. The first-order valence-electron chi connectivity index (χ1n) is 15.3. The van der Waals surface area contributed by atoms with E-state index in [4.69, 9.17) is 9.47 Å². The molecular weight excluding hydrogens is 584 g/mol. The minimum absolute atomic E-state index is 0.0719. The third kappa shape index (κ3) is 9.65. The van der Waals surface area contributed by atoms with Crippen LogP contribution in [0.15, 0.2) is 53.4 Å². The van der Waals surface area contributed by atoms with E-state index in [9.17, 15) is 23.1 Å². The SMILES string of the molecule is CC(C)NC(=O)Nc1ccc2c(c1)C(=O)N([C@H](C)CO)C[C@H](C)[C@H](CN(C)S(=O)(=O)c1ccccc1)OCCCC[C@H](C)O2. The molecule has 0 aromatic heterocycles. The molecule has 12 heteroatoms. The number of benzene rings is 2. The van der Waals surface area contributed by atoms with E-state index < -0.39 is 28.2 Å². The van der Waals surface area contributed by atoms with E-state index in [1.807, 2.05) is 27.7 Å². The number of hydrogen-bond acceptors (Lipinski definition) is 7. The first-order chi connectivity index (χ1) is 20.8. The van der Waals surface area contributed by atoms with Crippen LogP contribution in [0, 0.1) is 5.92 Å². The molecule has 1 heterocycles. The number of aliphatic hydroxyl groups excluding tert-OH is 1. The fourth-order valence-electron chi connectivity index (χ4n) is 5.02. The van der Waals surface area contributed by atoms with Gasteiger partial charge in [-0.15, -0.1) is 0 Å². The molecule has 3 rings (SSSR count). The highest BCUT2D eigenvalue weighted by atomic mass is 32.2. The normalized spacial score (nSPS) is 21.2. The number of rotatable bonds is 8. The summed E-state index contributed by atoms with van der Waals surface area (Å²) in [6.07, 6.45) is 1.55. The minimum atomic E-state index is -3.76. The van der Waals surface area contributed by atoms with Crippen LogP contribution in [-0.4, -0.2) is 92.3 Å². The van der Waals surface area contributed by atoms with E-state index in [0.717, 1.165) is 12.8 Å². The second kappa shape index (κ2) is 16.2. The van der Waals surface area contributed by atoms with Crippen molar-refractivity contribution in [2.45, 2.75) is 83.1 Å². The number of urea groups is 1. The number of likely N-dealkylation sites (N-methyl/N-ethyl adjacent to an activating group) is 1. The van der Waals surface area contributed by atoms with Gasteiger partial charge >= 0.3 is 6.03 Å². The van der Waals surface area contributed by atoms with Gasteiger partial charge in [0.25, 0.3) is 5.91 Å². The highest BCUT2D eigenvalue weighted by Gasteiger charge is 2.32. The lowest BCUT2D eigenvalue weighted by molar-refractivity contribution is -0.00833. The van der Waals surface area contributed by atoms with Crippen molar-refractivity contribution in [3.8, 4) is 5.75 Å². The highest BCUT2D eigenvalue weighted by molar-refractivity contribution is 7.89. The molecule has 0 fully saturated rings.